The lowest BCUT2D eigenvalue weighted by atomic mass is 9.54. The summed E-state index contributed by atoms with van der Waals surface area (Å²) in [6.45, 7) is 1.94. The van der Waals surface area contributed by atoms with Crippen molar-refractivity contribution in [3.63, 3.8) is 0 Å². The number of fused-ring (bicyclic) bond motifs is 1. The summed E-state index contributed by atoms with van der Waals surface area (Å²) >= 11 is 0. The summed E-state index contributed by atoms with van der Waals surface area (Å²) in [4.78, 5) is 13.1. The predicted octanol–water partition coefficient (Wildman–Crippen LogP) is 3.11. The molecule has 3 aliphatic carbocycles. The third-order valence-corrected chi connectivity index (χ3v) is 6.17. The Bertz CT molecular complexity index is 1140. The van der Waals surface area contributed by atoms with Crippen LogP contribution in [-0.2, 0) is 16.0 Å². The molecule has 0 fully saturated rings. The fourth-order valence-electron chi connectivity index (χ4n) is 4.76. The molecule has 0 saturated carbocycles. The maximum atomic E-state index is 13.1. The lowest BCUT2D eigenvalue weighted by Gasteiger charge is -2.53. The minimum atomic E-state index is -1.66. The smallest absolute Gasteiger partial charge is 0.318 e. The molecule has 146 valence electrons. The number of esters is 1. The van der Waals surface area contributed by atoms with Crippen molar-refractivity contribution in [3.05, 3.63) is 94.5 Å². The first-order valence-electron chi connectivity index (χ1n) is 9.51. The van der Waals surface area contributed by atoms with Gasteiger partial charge in [-0.05, 0) is 53.4 Å². The summed E-state index contributed by atoms with van der Waals surface area (Å²) in [7, 11) is 0. The van der Waals surface area contributed by atoms with Gasteiger partial charge in [-0.1, -0.05) is 48.0 Å². The molecule has 3 N–H and O–H groups in total. The van der Waals surface area contributed by atoms with E-state index in [1.54, 1.807) is 42.5 Å². The Labute approximate surface area is 167 Å². The van der Waals surface area contributed by atoms with Crippen LogP contribution in [0, 0.1) is 12.8 Å². The number of ether oxygens (including phenoxy) is 1. The molecule has 0 amide bonds. The Balaban J connectivity index is 1.65. The third-order valence-electron chi connectivity index (χ3n) is 6.17. The highest BCUT2D eigenvalue weighted by atomic mass is 16.5. The van der Waals surface area contributed by atoms with Crippen LogP contribution in [0.1, 0.15) is 34.2 Å². The fourth-order valence-corrected chi connectivity index (χ4v) is 4.76. The van der Waals surface area contributed by atoms with Crippen molar-refractivity contribution in [2.75, 3.05) is 0 Å². The summed E-state index contributed by atoms with van der Waals surface area (Å²) in [5, 5.41) is 33.5. The number of hydrogen-bond donors (Lipinski definition) is 3. The molecule has 3 unspecified atom stereocenters. The molecule has 29 heavy (non-hydrogen) atoms. The summed E-state index contributed by atoms with van der Waals surface area (Å²) in [6, 6.07) is 18.6. The van der Waals surface area contributed by atoms with Gasteiger partial charge < -0.3 is 20.1 Å². The number of phenols is 1. The molecule has 3 aromatic carbocycles. The molecule has 0 radical (unpaired) electrons. The topological polar surface area (TPSA) is 87.0 Å². The van der Waals surface area contributed by atoms with E-state index in [4.69, 9.17) is 4.74 Å². The minimum Gasteiger partial charge on any atom is -0.508 e. The van der Waals surface area contributed by atoms with Crippen LogP contribution in [0.4, 0.5) is 0 Å². The van der Waals surface area contributed by atoms with Gasteiger partial charge >= 0.3 is 5.97 Å². The zero-order valence-corrected chi connectivity index (χ0v) is 15.8. The zero-order chi connectivity index (χ0) is 20.4. The highest BCUT2D eigenvalue weighted by Crippen LogP contribution is 2.60. The molecule has 0 saturated heterocycles. The Morgan fingerprint density at radius 2 is 1.59 bits per heavy atom. The van der Waals surface area contributed by atoms with Crippen LogP contribution in [0.3, 0.4) is 0 Å². The first kappa shape index (κ1) is 17.9. The van der Waals surface area contributed by atoms with Crippen molar-refractivity contribution in [2.24, 2.45) is 5.92 Å². The molecule has 5 heteroatoms. The Kier molecular flexibility index (Phi) is 3.66. The lowest BCUT2D eigenvalue weighted by Crippen LogP contribution is -2.57. The second-order valence-electron chi connectivity index (χ2n) is 7.89. The Morgan fingerprint density at radius 3 is 2.31 bits per heavy atom. The first-order chi connectivity index (χ1) is 13.8. The first-order valence-corrected chi connectivity index (χ1v) is 9.51. The zero-order valence-electron chi connectivity index (χ0n) is 15.8. The molecule has 2 bridgehead atoms. The number of aryl methyl sites for hydroxylation is 1. The molecule has 3 aromatic rings. The molecule has 3 aliphatic rings. The molecule has 0 aromatic heterocycles. The van der Waals surface area contributed by atoms with Gasteiger partial charge in [-0.3, -0.25) is 4.79 Å². The van der Waals surface area contributed by atoms with Gasteiger partial charge in [-0.2, -0.15) is 0 Å². The van der Waals surface area contributed by atoms with Gasteiger partial charge in [0.05, 0.1) is 5.92 Å². The van der Waals surface area contributed by atoms with Gasteiger partial charge in [0, 0.05) is 6.42 Å². The highest BCUT2D eigenvalue weighted by molar-refractivity contribution is 5.81. The average molecular weight is 388 g/mol. The quantitative estimate of drug-likeness (QED) is 0.464. The van der Waals surface area contributed by atoms with E-state index in [1.807, 2.05) is 19.1 Å². The number of carbonyl (C=O) groups excluding carboxylic acids is 1. The van der Waals surface area contributed by atoms with E-state index in [0.29, 0.717) is 28.0 Å². The summed E-state index contributed by atoms with van der Waals surface area (Å²) < 4.78 is 5.57. The summed E-state index contributed by atoms with van der Waals surface area (Å²) in [5.41, 5.74) is -0.278. The molecular weight excluding hydrogens is 368 g/mol. The van der Waals surface area contributed by atoms with Gasteiger partial charge in [0.2, 0.25) is 0 Å². The third kappa shape index (κ3) is 2.38. The number of rotatable bonds is 2. The van der Waals surface area contributed by atoms with Crippen molar-refractivity contribution in [1.29, 1.82) is 0 Å². The van der Waals surface area contributed by atoms with E-state index >= 15 is 0 Å². The second-order valence-corrected chi connectivity index (χ2v) is 7.89. The molecule has 5 nitrogen and oxygen atoms in total. The van der Waals surface area contributed by atoms with Gasteiger partial charge in [-0.15, -0.1) is 0 Å². The Hall–Kier alpha value is -3.15. The van der Waals surface area contributed by atoms with Gasteiger partial charge in [-0.25, -0.2) is 0 Å². The highest BCUT2D eigenvalue weighted by Gasteiger charge is 2.62. The van der Waals surface area contributed by atoms with Crippen LogP contribution >= 0.6 is 0 Å². The number of aliphatic hydroxyl groups is 2. The minimum absolute atomic E-state index is 0.00964. The SMILES string of the molecule is Cc1ccc(OC(=O)C2CC3(O)c4ccccc4C2(O)c2ccc(O)cc23)cc1. The number of carbonyl (C=O) groups is 1. The summed E-state index contributed by atoms with van der Waals surface area (Å²) in [5.74, 6) is -1.23. The van der Waals surface area contributed by atoms with Crippen LogP contribution in [0.2, 0.25) is 0 Å². The van der Waals surface area contributed by atoms with E-state index in [9.17, 15) is 20.1 Å². The molecule has 6 rings (SSSR count). The van der Waals surface area contributed by atoms with Crippen LogP contribution in [-0.4, -0.2) is 21.3 Å². The van der Waals surface area contributed by atoms with E-state index in [2.05, 4.69) is 0 Å². The van der Waals surface area contributed by atoms with Crippen LogP contribution in [0.5, 0.6) is 11.5 Å². The largest absolute Gasteiger partial charge is 0.508 e. The van der Waals surface area contributed by atoms with Gasteiger partial charge in [0.1, 0.15) is 22.7 Å². The predicted molar refractivity (Wildman–Crippen MR) is 105 cm³/mol. The van der Waals surface area contributed by atoms with Gasteiger partial charge in [0.25, 0.3) is 0 Å². The van der Waals surface area contributed by atoms with Crippen LogP contribution in [0.15, 0.2) is 66.7 Å². The molecule has 0 heterocycles. The van der Waals surface area contributed by atoms with Gasteiger partial charge in [0.15, 0.2) is 0 Å². The summed E-state index contributed by atoms with van der Waals surface area (Å²) in [6.07, 6.45) is -0.0400. The maximum Gasteiger partial charge on any atom is 0.318 e. The van der Waals surface area contributed by atoms with Crippen molar-refractivity contribution < 1.29 is 24.9 Å². The maximum absolute atomic E-state index is 13.1. The molecule has 3 atom stereocenters. The molecular formula is C24H20O5. The standard InChI is InChI=1S/C24H20O5/c1-14-6-9-16(10-7-14)29-22(26)21-13-23(27)17-4-2-3-5-18(17)24(21,28)19-11-8-15(25)12-20(19)23/h2-12,21,25,27-28H,13H2,1H3. The fraction of sp³-hybridized carbons (Fsp3) is 0.208. The van der Waals surface area contributed by atoms with Crippen molar-refractivity contribution in [1.82, 2.24) is 0 Å². The van der Waals surface area contributed by atoms with E-state index in [1.165, 1.54) is 12.1 Å². The number of phenolic OH excluding ortho intramolecular Hbond substituents is 1. The average Bonchev–Trinajstić information content (AvgIpc) is 2.71. The number of aromatic hydroxyl groups is 1. The second kappa shape index (κ2) is 5.92. The van der Waals surface area contributed by atoms with Crippen molar-refractivity contribution in [3.8, 4) is 11.5 Å². The van der Waals surface area contributed by atoms with Crippen molar-refractivity contribution in [2.45, 2.75) is 24.5 Å². The monoisotopic (exact) mass is 388 g/mol. The number of hydrogen-bond acceptors (Lipinski definition) is 5. The number of benzene rings is 3. The van der Waals surface area contributed by atoms with E-state index in [0.717, 1.165) is 5.56 Å². The van der Waals surface area contributed by atoms with Crippen molar-refractivity contribution >= 4 is 5.97 Å². The van der Waals surface area contributed by atoms with Crippen LogP contribution < -0.4 is 4.74 Å². The molecule has 0 aliphatic heterocycles. The molecule has 0 spiro atoms. The van der Waals surface area contributed by atoms with E-state index < -0.39 is 23.1 Å². The normalized spacial score (nSPS) is 26.5. The Morgan fingerprint density at radius 1 is 0.931 bits per heavy atom. The lowest BCUT2D eigenvalue weighted by molar-refractivity contribution is -0.157. The van der Waals surface area contributed by atoms with Crippen LogP contribution in [0.25, 0.3) is 0 Å². The van der Waals surface area contributed by atoms with E-state index in [-0.39, 0.29) is 12.2 Å².